The molecule has 0 atom stereocenters. The molecule has 0 radical (unpaired) electrons. The molecule has 0 aliphatic heterocycles. The van der Waals surface area contributed by atoms with Crippen LogP contribution in [0.2, 0.25) is 0 Å². The molecular formula is C10H14N2O3S. The van der Waals surface area contributed by atoms with Gasteiger partial charge in [-0.15, -0.1) is 0 Å². The average Bonchev–Trinajstić information content (AvgIpc) is 2.15. The molecule has 0 fully saturated rings. The Kier molecular flexibility index (Phi) is 3.66. The molecule has 0 unspecified atom stereocenters. The number of hydrogen-bond acceptors (Lipinski definition) is 3. The summed E-state index contributed by atoms with van der Waals surface area (Å²) >= 11 is 0. The van der Waals surface area contributed by atoms with Gasteiger partial charge in [0.15, 0.2) is 0 Å². The number of carbonyl (C=O) groups excluding carboxylic acids is 1. The number of carbonyl (C=O) groups is 1. The second-order valence-electron chi connectivity index (χ2n) is 3.70. The quantitative estimate of drug-likeness (QED) is 0.820. The summed E-state index contributed by atoms with van der Waals surface area (Å²) in [5, 5.41) is 4.91. The van der Waals surface area contributed by atoms with Crippen molar-refractivity contribution in [2.75, 3.05) is 14.1 Å². The van der Waals surface area contributed by atoms with Gasteiger partial charge in [-0.25, -0.2) is 13.6 Å². The van der Waals surface area contributed by atoms with Crippen LogP contribution in [0.1, 0.15) is 15.9 Å². The number of rotatable bonds is 3. The summed E-state index contributed by atoms with van der Waals surface area (Å²) in [5.74, 6) is -0.342. The fraction of sp³-hybridized carbons (Fsp3) is 0.300. The summed E-state index contributed by atoms with van der Waals surface area (Å²) in [4.78, 5) is 13.0. The van der Waals surface area contributed by atoms with Crippen LogP contribution in [0.4, 0.5) is 0 Å². The van der Waals surface area contributed by atoms with Crippen molar-refractivity contribution in [3.05, 3.63) is 35.4 Å². The molecule has 0 saturated carbocycles. The van der Waals surface area contributed by atoms with Gasteiger partial charge in [0.25, 0.3) is 5.91 Å². The summed E-state index contributed by atoms with van der Waals surface area (Å²) in [6.07, 6.45) is 0. The Labute approximate surface area is 94.9 Å². The summed E-state index contributed by atoms with van der Waals surface area (Å²) in [5.41, 5.74) is 1.08. The highest BCUT2D eigenvalue weighted by Crippen LogP contribution is 2.08. The lowest BCUT2D eigenvalue weighted by molar-refractivity contribution is 0.0827. The lowest BCUT2D eigenvalue weighted by Crippen LogP contribution is -2.21. The van der Waals surface area contributed by atoms with E-state index in [2.05, 4.69) is 0 Å². The molecule has 0 aliphatic rings. The normalized spacial score (nSPS) is 11.2. The molecule has 88 valence electrons. The molecule has 5 nitrogen and oxygen atoms in total. The Balaban J connectivity index is 2.88. The predicted octanol–water partition coefficient (Wildman–Crippen LogP) is 0.177. The van der Waals surface area contributed by atoms with E-state index in [0.29, 0.717) is 11.1 Å². The zero-order chi connectivity index (χ0) is 12.3. The molecule has 1 rings (SSSR count). The first-order valence-electron chi connectivity index (χ1n) is 4.60. The van der Waals surface area contributed by atoms with Crippen molar-refractivity contribution in [2.45, 2.75) is 5.75 Å². The topological polar surface area (TPSA) is 80.5 Å². The second kappa shape index (κ2) is 4.63. The number of hydrogen-bond donors (Lipinski definition) is 1. The number of sulfonamides is 1. The number of nitrogens with zero attached hydrogens (tertiary/aromatic N) is 1. The number of primary sulfonamides is 1. The van der Waals surface area contributed by atoms with Gasteiger partial charge in [0.1, 0.15) is 0 Å². The first kappa shape index (κ1) is 12.7. The summed E-state index contributed by atoms with van der Waals surface area (Å²) in [6, 6.07) is 6.34. The van der Waals surface area contributed by atoms with E-state index in [4.69, 9.17) is 5.14 Å². The summed E-state index contributed by atoms with van der Waals surface area (Å²) in [7, 11) is -0.215. The summed E-state index contributed by atoms with van der Waals surface area (Å²) < 4.78 is 21.7. The van der Waals surface area contributed by atoms with Gasteiger partial charge in [0, 0.05) is 19.7 Å². The number of nitrogens with two attached hydrogens (primary N) is 1. The Morgan fingerprint density at radius 2 is 1.75 bits per heavy atom. The van der Waals surface area contributed by atoms with Crippen molar-refractivity contribution >= 4 is 15.9 Å². The Bertz CT molecular complexity index is 477. The Morgan fingerprint density at radius 3 is 2.12 bits per heavy atom. The monoisotopic (exact) mass is 242 g/mol. The average molecular weight is 242 g/mol. The molecule has 16 heavy (non-hydrogen) atoms. The van der Waals surface area contributed by atoms with E-state index in [1.165, 1.54) is 4.90 Å². The van der Waals surface area contributed by atoms with Crippen LogP contribution in [-0.2, 0) is 15.8 Å². The van der Waals surface area contributed by atoms with Gasteiger partial charge in [-0.2, -0.15) is 0 Å². The first-order valence-corrected chi connectivity index (χ1v) is 6.32. The van der Waals surface area contributed by atoms with E-state index >= 15 is 0 Å². The molecule has 1 aromatic carbocycles. The molecule has 0 aliphatic carbocycles. The molecule has 0 bridgehead atoms. The highest BCUT2D eigenvalue weighted by molar-refractivity contribution is 7.88. The van der Waals surface area contributed by atoms with Crippen molar-refractivity contribution in [1.82, 2.24) is 4.90 Å². The minimum Gasteiger partial charge on any atom is -0.345 e. The second-order valence-corrected chi connectivity index (χ2v) is 5.32. The Morgan fingerprint density at radius 1 is 1.25 bits per heavy atom. The van der Waals surface area contributed by atoms with Crippen LogP contribution in [0, 0.1) is 0 Å². The maximum atomic E-state index is 11.5. The lowest BCUT2D eigenvalue weighted by atomic mass is 10.1. The van der Waals surface area contributed by atoms with E-state index in [1.54, 1.807) is 38.4 Å². The van der Waals surface area contributed by atoms with Crippen LogP contribution in [0.3, 0.4) is 0 Å². The third-order valence-corrected chi connectivity index (χ3v) is 2.71. The molecule has 1 aromatic rings. The molecule has 0 saturated heterocycles. The standard InChI is InChI=1S/C10H14N2O3S/c1-12(2)10(13)9-5-3-8(4-6-9)7-16(11,14)15/h3-6H,7H2,1-2H3,(H2,11,14,15). The van der Waals surface area contributed by atoms with E-state index in [1.807, 2.05) is 0 Å². The zero-order valence-electron chi connectivity index (χ0n) is 9.17. The van der Waals surface area contributed by atoms with Crippen molar-refractivity contribution in [2.24, 2.45) is 5.14 Å². The third kappa shape index (κ3) is 3.63. The fourth-order valence-corrected chi connectivity index (χ4v) is 1.89. The van der Waals surface area contributed by atoms with Crippen molar-refractivity contribution in [1.29, 1.82) is 0 Å². The van der Waals surface area contributed by atoms with Gasteiger partial charge >= 0.3 is 0 Å². The maximum Gasteiger partial charge on any atom is 0.253 e. The zero-order valence-corrected chi connectivity index (χ0v) is 9.99. The number of benzene rings is 1. The first-order chi connectivity index (χ1) is 7.29. The van der Waals surface area contributed by atoms with Crippen LogP contribution in [0.25, 0.3) is 0 Å². The van der Waals surface area contributed by atoms with Crippen LogP contribution < -0.4 is 5.14 Å². The minimum absolute atomic E-state index is 0.123. The molecule has 0 heterocycles. The van der Waals surface area contributed by atoms with Gasteiger partial charge in [-0.1, -0.05) is 12.1 Å². The van der Waals surface area contributed by atoms with Crippen LogP contribution >= 0.6 is 0 Å². The van der Waals surface area contributed by atoms with E-state index < -0.39 is 10.0 Å². The van der Waals surface area contributed by atoms with Gasteiger partial charge < -0.3 is 4.90 Å². The van der Waals surface area contributed by atoms with Gasteiger partial charge in [0.2, 0.25) is 10.0 Å². The van der Waals surface area contributed by atoms with E-state index in [9.17, 15) is 13.2 Å². The SMILES string of the molecule is CN(C)C(=O)c1ccc(CS(N)(=O)=O)cc1. The number of amides is 1. The molecular weight excluding hydrogens is 228 g/mol. The smallest absolute Gasteiger partial charge is 0.253 e. The largest absolute Gasteiger partial charge is 0.345 e. The van der Waals surface area contributed by atoms with E-state index in [0.717, 1.165) is 0 Å². The molecule has 0 spiro atoms. The van der Waals surface area contributed by atoms with Crippen molar-refractivity contribution in [3.8, 4) is 0 Å². The Hall–Kier alpha value is -1.40. The lowest BCUT2D eigenvalue weighted by Gasteiger charge is -2.10. The van der Waals surface area contributed by atoms with Gasteiger partial charge in [-0.05, 0) is 17.7 Å². The van der Waals surface area contributed by atoms with Crippen LogP contribution in [0.5, 0.6) is 0 Å². The highest BCUT2D eigenvalue weighted by Gasteiger charge is 2.09. The fourth-order valence-electron chi connectivity index (χ4n) is 1.23. The van der Waals surface area contributed by atoms with Gasteiger partial charge in [-0.3, -0.25) is 4.79 Å². The predicted molar refractivity (Wildman–Crippen MR) is 61.3 cm³/mol. The highest BCUT2D eigenvalue weighted by atomic mass is 32.2. The minimum atomic E-state index is -3.52. The molecule has 6 heteroatoms. The van der Waals surface area contributed by atoms with Crippen molar-refractivity contribution in [3.63, 3.8) is 0 Å². The van der Waals surface area contributed by atoms with E-state index in [-0.39, 0.29) is 11.7 Å². The van der Waals surface area contributed by atoms with Crippen LogP contribution in [-0.4, -0.2) is 33.3 Å². The third-order valence-electron chi connectivity index (χ3n) is 1.97. The molecule has 0 aromatic heterocycles. The maximum absolute atomic E-state index is 11.5. The summed E-state index contributed by atoms with van der Waals surface area (Å²) in [6.45, 7) is 0. The van der Waals surface area contributed by atoms with Crippen LogP contribution in [0.15, 0.2) is 24.3 Å². The van der Waals surface area contributed by atoms with Gasteiger partial charge in [0.05, 0.1) is 5.75 Å². The molecule has 2 N–H and O–H groups in total. The molecule has 1 amide bonds. The van der Waals surface area contributed by atoms with Crippen molar-refractivity contribution < 1.29 is 13.2 Å².